The van der Waals surface area contributed by atoms with Gasteiger partial charge in [0, 0.05) is 10.9 Å². The average Bonchev–Trinajstić information content (AvgIpc) is 3.02. The van der Waals surface area contributed by atoms with Crippen molar-refractivity contribution in [3.05, 3.63) is 22.7 Å². The molecule has 3 rings (SSSR count). The first kappa shape index (κ1) is 9.06. The van der Waals surface area contributed by atoms with Gasteiger partial charge in [-0.3, -0.25) is 0 Å². The molecule has 1 N–H and O–H groups in total. The third-order valence-electron chi connectivity index (χ3n) is 2.57. The molecular weight excluding hydrogens is 210 g/mol. The summed E-state index contributed by atoms with van der Waals surface area (Å²) in [5.74, 6) is 1.34. The van der Waals surface area contributed by atoms with E-state index in [4.69, 9.17) is 4.42 Å². The lowest BCUT2D eigenvalue weighted by atomic mass is 10.2. The van der Waals surface area contributed by atoms with Crippen molar-refractivity contribution in [2.45, 2.75) is 18.9 Å². The molecule has 0 amide bonds. The Labute approximate surface area is 91.3 Å². The summed E-state index contributed by atoms with van der Waals surface area (Å²) in [4.78, 5) is 0. The van der Waals surface area contributed by atoms with Crippen molar-refractivity contribution in [2.75, 3.05) is 6.54 Å². The first-order chi connectivity index (χ1) is 7.43. The molecule has 1 aliphatic rings. The van der Waals surface area contributed by atoms with E-state index in [2.05, 4.69) is 15.5 Å². The van der Waals surface area contributed by atoms with Crippen LogP contribution in [0.5, 0.6) is 0 Å². The van der Waals surface area contributed by atoms with E-state index in [-0.39, 0.29) is 6.04 Å². The van der Waals surface area contributed by atoms with Crippen LogP contribution in [-0.2, 0) is 0 Å². The second kappa shape index (κ2) is 3.75. The van der Waals surface area contributed by atoms with Gasteiger partial charge in [0.2, 0.25) is 11.8 Å². The minimum Gasteiger partial charge on any atom is -0.419 e. The zero-order valence-electron chi connectivity index (χ0n) is 8.14. The number of hydrogen-bond acceptors (Lipinski definition) is 5. The van der Waals surface area contributed by atoms with Gasteiger partial charge in [0.25, 0.3) is 0 Å². The molecule has 0 aliphatic carbocycles. The zero-order chi connectivity index (χ0) is 10.1. The predicted molar refractivity (Wildman–Crippen MR) is 57.6 cm³/mol. The van der Waals surface area contributed by atoms with Gasteiger partial charge in [-0.1, -0.05) is 0 Å². The van der Waals surface area contributed by atoms with E-state index < -0.39 is 0 Å². The maximum absolute atomic E-state index is 5.63. The molecule has 2 aromatic rings. The van der Waals surface area contributed by atoms with Crippen molar-refractivity contribution in [3.63, 3.8) is 0 Å². The molecule has 15 heavy (non-hydrogen) atoms. The summed E-state index contributed by atoms with van der Waals surface area (Å²) in [5.41, 5.74) is 1.01. The van der Waals surface area contributed by atoms with Gasteiger partial charge in [-0.2, -0.15) is 11.3 Å². The van der Waals surface area contributed by atoms with Crippen LogP contribution >= 0.6 is 11.3 Å². The van der Waals surface area contributed by atoms with Gasteiger partial charge in [-0.15, -0.1) is 10.2 Å². The average molecular weight is 221 g/mol. The molecule has 0 bridgehead atoms. The second-order valence-electron chi connectivity index (χ2n) is 3.61. The van der Waals surface area contributed by atoms with Gasteiger partial charge in [-0.25, -0.2) is 0 Å². The number of nitrogens with one attached hydrogen (secondary N) is 1. The van der Waals surface area contributed by atoms with Gasteiger partial charge < -0.3 is 9.73 Å². The highest BCUT2D eigenvalue weighted by molar-refractivity contribution is 7.08. The van der Waals surface area contributed by atoms with Gasteiger partial charge in [0.05, 0.1) is 6.04 Å². The quantitative estimate of drug-likeness (QED) is 0.844. The first-order valence-corrected chi connectivity index (χ1v) is 5.97. The van der Waals surface area contributed by atoms with Crippen LogP contribution in [0.1, 0.15) is 24.8 Å². The molecule has 0 unspecified atom stereocenters. The number of nitrogens with zero attached hydrogens (tertiary/aromatic N) is 2. The molecule has 1 aliphatic heterocycles. The van der Waals surface area contributed by atoms with Crippen LogP contribution in [-0.4, -0.2) is 16.7 Å². The fourth-order valence-corrected chi connectivity index (χ4v) is 2.40. The lowest BCUT2D eigenvalue weighted by Gasteiger charge is -2.01. The maximum atomic E-state index is 5.63. The van der Waals surface area contributed by atoms with Crippen molar-refractivity contribution in [1.82, 2.24) is 15.5 Å². The largest absolute Gasteiger partial charge is 0.419 e. The van der Waals surface area contributed by atoms with Crippen molar-refractivity contribution in [1.29, 1.82) is 0 Å². The fraction of sp³-hybridized carbons (Fsp3) is 0.400. The van der Waals surface area contributed by atoms with E-state index in [0.717, 1.165) is 18.5 Å². The number of aromatic nitrogens is 2. The van der Waals surface area contributed by atoms with Crippen LogP contribution < -0.4 is 5.32 Å². The molecule has 4 nitrogen and oxygen atoms in total. The Hall–Kier alpha value is -1.20. The molecule has 1 fully saturated rings. The standard InChI is InChI=1S/C10H11N3OS/c1-2-8(11-4-1)10-13-12-9(14-10)7-3-5-15-6-7/h3,5-6,8,11H,1-2,4H2/t8-/m1/s1. The Kier molecular flexibility index (Phi) is 2.26. The van der Waals surface area contributed by atoms with Gasteiger partial charge in [0.15, 0.2) is 0 Å². The normalized spacial score (nSPS) is 20.9. The van der Waals surface area contributed by atoms with Gasteiger partial charge in [-0.05, 0) is 30.8 Å². The van der Waals surface area contributed by atoms with Crippen LogP contribution in [0.25, 0.3) is 11.5 Å². The molecule has 1 saturated heterocycles. The van der Waals surface area contributed by atoms with Crippen molar-refractivity contribution in [2.24, 2.45) is 0 Å². The molecule has 78 valence electrons. The highest BCUT2D eigenvalue weighted by atomic mass is 32.1. The van der Waals surface area contributed by atoms with Crippen LogP contribution in [0.4, 0.5) is 0 Å². The lowest BCUT2D eigenvalue weighted by Crippen LogP contribution is -2.12. The molecule has 0 spiro atoms. The topological polar surface area (TPSA) is 51.0 Å². The Balaban J connectivity index is 1.87. The zero-order valence-corrected chi connectivity index (χ0v) is 8.96. The summed E-state index contributed by atoms with van der Waals surface area (Å²) >= 11 is 1.63. The van der Waals surface area contributed by atoms with Gasteiger partial charge >= 0.3 is 0 Å². The lowest BCUT2D eigenvalue weighted by molar-refractivity contribution is 0.437. The van der Waals surface area contributed by atoms with Crippen LogP contribution in [0.15, 0.2) is 21.2 Å². The highest BCUT2D eigenvalue weighted by Gasteiger charge is 2.22. The van der Waals surface area contributed by atoms with Crippen molar-refractivity contribution in [3.8, 4) is 11.5 Å². The van der Waals surface area contributed by atoms with E-state index in [0.29, 0.717) is 11.8 Å². The Morgan fingerprint density at radius 2 is 2.47 bits per heavy atom. The molecule has 0 saturated carbocycles. The summed E-state index contributed by atoms with van der Waals surface area (Å²) in [6.45, 7) is 1.04. The van der Waals surface area contributed by atoms with Crippen LogP contribution in [0.3, 0.4) is 0 Å². The fourth-order valence-electron chi connectivity index (χ4n) is 1.77. The predicted octanol–water partition coefficient (Wildman–Crippen LogP) is 2.22. The molecule has 0 radical (unpaired) electrons. The Bertz CT molecular complexity index is 431. The van der Waals surface area contributed by atoms with Crippen molar-refractivity contribution >= 4 is 11.3 Å². The Morgan fingerprint density at radius 1 is 1.47 bits per heavy atom. The van der Waals surface area contributed by atoms with Crippen LogP contribution in [0, 0.1) is 0 Å². The van der Waals surface area contributed by atoms with E-state index in [9.17, 15) is 0 Å². The van der Waals surface area contributed by atoms with E-state index >= 15 is 0 Å². The molecule has 3 heterocycles. The van der Waals surface area contributed by atoms with Gasteiger partial charge in [0.1, 0.15) is 0 Å². The minimum atomic E-state index is 0.255. The molecule has 1 atom stereocenters. The summed E-state index contributed by atoms with van der Waals surface area (Å²) in [7, 11) is 0. The Morgan fingerprint density at radius 3 is 3.20 bits per heavy atom. The monoisotopic (exact) mass is 221 g/mol. The summed E-state index contributed by atoms with van der Waals surface area (Å²) in [6, 6.07) is 2.24. The summed E-state index contributed by atoms with van der Waals surface area (Å²) in [6.07, 6.45) is 2.27. The highest BCUT2D eigenvalue weighted by Crippen LogP contribution is 2.26. The first-order valence-electron chi connectivity index (χ1n) is 5.03. The maximum Gasteiger partial charge on any atom is 0.248 e. The van der Waals surface area contributed by atoms with E-state index in [1.54, 1.807) is 11.3 Å². The molecule has 5 heteroatoms. The molecule has 2 aromatic heterocycles. The number of rotatable bonds is 2. The molecular formula is C10H11N3OS. The third-order valence-corrected chi connectivity index (χ3v) is 3.25. The SMILES string of the molecule is c1cc(-c2nnc([C@H]3CCCN3)o2)cs1. The van der Waals surface area contributed by atoms with E-state index in [1.165, 1.54) is 6.42 Å². The van der Waals surface area contributed by atoms with Crippen molar-refractivity contribution < 1.29 is 4.42 Å². The minimum absolute atomic E-state index is 0.255. The summed E-state index contributed by atoms with van der Waals surface area (Å²) < 4.78 is 5.63. The van der Waals surface area contributed by atoms with E-state index in [1.807, 2.05) is 16.8 Å². The van der Waals surface area contributed by atoms with Crippen LogP contribution in [0.2, 0.25) is 0 Å². The second-order valence-corrected chi connectivity index (χ2v) is 4.39. The number of thiophene rings is 1. The third kappa shape index (κ3) is 1.68. The summed E-state index contributed by atoms with van der Waals surface area (Å²) in [5, 5.41) is 15.5. The smallest absolute Gasteiger partial charge is 0.248 e. The molecule has 0 aromatic carbocycles. The number of hydrogen-bond donors (Lipinski definition) is 1.